The van der Waals surface area contributed by atoms with Gasteiger partial charge in [0.25, 0.3) is 0 Å². The van der Waals surface area contributed by atoms with Gasteiger partial charge >= 0.3 is 233 Å². The summed E-state index contributed by atoms with van der Waals surface area (Å²) in [6.45, 7) is 3.87. The molecule has 0 bridgehead atoms. The van der Waals surface area contributed by atoms with E-state index in [1.54, 1.807) is 0 Å². The topological polar surface area (TPSA) is 12.0 Å². The van der Waals surface area contributed by atoms with Crippen LogP contribution in [0.4, 0.5) is 5.69 Å². The van der Waals surface area contributed by atoms with Crippen LogP contribution in [0.25, 0.3) is 0 Å². The van der Waals surface area contributed by atoms with Gasteiger partial charge in [-0.1, -0.05) is 0 Å². The number of nitrogens with one attached hydrogen (secondary N) is 1. The molecule has 3 aromatic carbocycles. The van der Waals surface area contributed by atoms with Crippen molar-refractivity contribution in [1.82, 2.24) is 0 Å². The number of fused-ring (bicyclic) bond motifs is 1. The van der Waals surface area contributed by atoms with Crippen LogP contribution < -0.4 is 5.32 Å². The second-order valence-electron chi connectivity index (χ2n) is 12.6. The standard InChI is InChI=1S/C36H48NP/c1-29-36(30-17-6-2-7-18-30,31-19-8-3-9-20-31)34-25-14-15-26-35(34)37-27-16-28-38(29,32-21-10-4-11-22-32)33-23-12-5-13-24-33/h2-3,6-9,14-15,17-20,25-26,29,32-33,37-38H,4-5,10-13,16,21-24,27-28H2,1H3/t29-/m0/s1. The Morgan fingerprint density at radius 1 is 0.605 bits per heavy atom. The van der Waals surface area contributed by atoms with Crippen molar-refractivity contribution < 1.29 is 0 Å². The summed E-state index contributed by atoms with van der Waals surface area (Å²) in [6, 6.07) is 32.8. The van der Waals surface area contributed by atoms with Crippen molar-refractivity contribution in [3.8, 4) is 0 Å². The molecule has 38 heavy (non-hydrogen) atoms. The van der Waals surface area contributed by atoms with Gasteiger partial charge in [-0.05, 0) is 0 Å². The van der Waals surface area contributed by atoms with Crippen molar-refractivity contribution in [3.05, 3.63) is 102 Å². The van der Waals surface area contributed by atoms with E-state index in [-0.39, 0.29) is 5.41 Å². The average molecular weight is 526 g/mol. The molecule has 202 valence electrons. The van der Waals surface area contributed by atoms with Gasteiger partial charge in [0.2, 0.25) is 0 Å². The van der Waals surface area contributed by atoms with Crippen LogP contribution in [0.2, 0.25) is 0 Å². The van der Waals surface area contributed by atoms with E-state index in [1.807, 2.05) is 0 Å². The first kappa shape index (κ1) is 26.1. The molecule has 2 fully saturated rings. The van der Waals surface area contributed by atoms with Crippen LogP contribution in [0.3, 0.4) is 0 Å². The van der Waals surface area contributed by atoms with Crippen LogP contribution >= 0.6 is 7.26 Å². The Morgan fingerprint density at radius 3 is 1.66 bits per heavy atom. The number of benzene rings is 3. The van der Waals surface area contributed by atoms with E-state index in [0.29, 0.717) is 5.66 Å². The fourth-order valence-electron chi connectivity index (χ4n) is 9.56. The van der Waals surface area contributed by atoms with E-state index in [1.165, 1.54) is 99.2 Å². The molecule has 0 amide bonds. The summed E-state index contributed by atoms with van der Waals surface area (Å²) in [5.74, 6) is 0. The molecule has 1 aliphatic heterocycles. The zero-order valence-electron chi connectivity index (χ0n) is 23.5. The van der Waals surface area contributed by atoms with Crippen molar-refractivity contribution in [1.29, 1.82) is 0 Å². The third kappa shape index (κ3) is 4.44. The summed E-state index contributed by atoms with van der Waals surface area (Å²) in [5, 5.41) is 3.99. The van der Waals surface area contributed by atoms with Gasteiger partial charge in [-0.3, -0.25) is 0 Å². The number of hydrogen-bond acceptors (Lipinski definition) is 1. The van der Waals surface area contributed by atoms with E-state index in [4.69, 9.17) is 0 Å². The van der Waals surface area contributed by atoms with Gasteiger partial charge in [-0.2, -0.15) is 0 Å². The van der Waals surface area contributed by atoms with Gasteiger partial charge in [-0.25, -0.2) is 0 Å². The number of rotatable bonds is 4. The Morgan fingerprint density at radius 2 is 1.11 bits per heavy atom. The molecule has 2 heteroatoms. The van der Waals surface area contributed by atoms with Crippen molar-refractivity contribution >= 4 is 12.9 Å². The third-order valence-corrected chi connectivity index (χ3v) is 18.6. The first-order chi connectivity index (χ1) is 18.8. The van der Waals surface area contributed by atoms with Gasteiger partial charge in [0.15, 0.2) is 0 Å². The Hall–Kier alpha value is -2.11. The maximum absolute atomic E-state index is 3.99. The Kier molecular flexibility index (Phi) is 7.95. The van der Waals surface area contributed by atoms with Crippen LogP contribution in [0.5, 0.6) is 0 Å². The summed E-state index contributed by atoms with van der Waals surface area (Å²) in [5.41, 5.74) is 8.28. The molecule has 1 nitrogen and oxygen atoms in total. The summed E-state index contributed by atoms with van der Waals surface area (Å²) in [7, 11) is -1.81. The number of para-hydroxylation sites is 1. The second-order valence-corrected chi connectivity index (χ2v) is 17.8. The van der Waals surface area contributed by atoms with Gasteiger partial charge in [0.1, 0.15) is 0 Å². The van der Waals surface area contributed by atoms with Gasteiger partial charge in [-0.15, -0.1) is 0 Å². The second kappa shape index (κ2) is 11.6. The Balaban J connectivity index is 1.68. The summed E-state index contributed by atoms with van der Waals surface area (Å²) >= 11 is 0. The van der Waals surface area contributed by atoms with E-state index in [0.717, 1.165) is 17.9 Å². The molecule has 2 aliphatic carbocycles. The molecule has 2 saturated carbocycles. The van der Waals surface area contributed by atoms with E-state index in [9.17, 15) is 0 Å². The van der Waals surface area contributed by atoms with Crippen LogP contribution in [0, 0.1) is 0 Å². The SMILES string of the molecule is C[C@H]1C(c2ccccc2)(c2ccccc2)c2ccccc2NCCC[PH]1(C1CCCCC1)C1CCCCC1. The predicted octanol–water partition coefficient (Wildman–Crippen LogP) is 9.64. The molecule has 1 N–H and O–H groups in total. The zero-order valence-corrected chi connectivity index (χ0v) is 24.5. The van der Waals surface area contributed by atoms with Gasteiger partial charge in [0.05, 0.1) is 0 Å². The van der Waals surface area contributed by atoms with Crippen LogP contribution in [-0.2, 0) is 5.41 Å². The molecule has 3 aliphatic rings. The molecule has 1 heterocycles. The van der Waals surface area contributed by atoms with Crippen molar-refractivity contribution in [2.45, 2.75) is 99.9 Å². The Labute approximate surface area is 232 Å². The van der Waals surface area contributed by atoms with Crippen molar-refractivity contribution in [2.24, 2.45) is 0 Å². The Bertz CT molecular complexity index is 1100. The molecule has 6 rings (SSSR count). The number of hydrogen-bond donors (Lipinski definition) is 1. The fraction of sp³-hybridized carbons (Fsp3) is 0.500. The van der Waals surface area contributed by atoms with Gasteiger partial charge < -0.3 is 0 Å². The molecular formula is C36H48NP. The molecule has 0 radical (unpaired) electrons. The summed E-state index contributed by atoms with van der Waals surface area (Å²) in [4.78, 5) is 0. The average Bonchev–Trinajstić information content (AvgIpc) is 3.05. The first-order valence-corrected chi connectivity index (χ1v) is 18.2. The quantitative estimate of drug-likeness (QED) is 0.334. The van der Waals surface area contributed by atoms with E-state index in [2.05, 4.69) is 97.2 Å². The summed E-state index contributed by atoms with van der Waals surface area (Å²) in [6.07, 6.45) is 17.5. The van der Waals surface area contributed by atoms with Crippen LogP contribution in [0.15, 0.2) is 84.9 Å². The first-order valence-electron chi connectivity index (χ1n) is 15.7. The van der Waals surface area contributed by atoms with E-state index >= 15 is 0 Å². The number of anilines is 1. The molecule has 0 unspecified atom stereocenters. The predicted molar refractivity (Wildman–Crippen MR) is 169 cm³/mol. The van der Waals surface area contributed by atoms with Crippen LogP contribution in [0.1, 0.15) is 94.2 Å². The van der Waals surface area contributed by atoms with Crippen molar-refractivity contribution in [3.63, 3.8) is 0 Å². The third-order valence-electron chi connectivity index (χ3n) is 11.1. The summed E-state index contributed by atoms with van der Waals surface area (Å²) < 4.78 is 0. The minimum atomic E-state index is -1.81. The minimum absolute atomic E-state index is 0.141. The maximum atomic E-state index is 3.99. The molecule has 3 aromatic rings. The molecule has 0 aromatic heterocycles. The fourth-order valence-corrected chi connectivity index (χ4v) is 17.9. The zero-order chi connectivity index (χ0) is 25.8. The molecule has 0 spiro atoms. The van der Waals surface area contributed by atoms with Crippen molar-refractivity contribution in [2.75, 3.05) is 18.0 Å². The molecular weight excluding hydrogens is 477 g/mol. The molecule has 0 saturated heterocycles. The molecule has 1 atom stereocenters. The van der Waals surface area contributed by atoms with Crippen LogP contribution in [-0.4, -0.2) is 29.7 Å². The van der Waals surface area contributed by atoms with E-state index < -0.39 is 7.26 Å². The monoisotopic (exact) mass is 525 g/mol. The normalized spacial score (nSPS) is 25.1. The van der Waals surface area contributed by atoms with Gasteiger partial charge in [0, 0.05) is 0 Å².